The number of carbonyl (C=O) groups excluding carboxylic acids is 1. The van der Waals surface area contributed by atoms with E-state index in [0.29, 0.717) is 19.7 Å². The molecule has 1 aromatic carbocycles. The van der Waals surface area contributed by atoms with Crippen LogP contribution in [-0.4, -0.2) is 54.0 Å². The van der Waals surface area contributed by atoms with Gasteiger partial charge in [0.05, 0.1) is 19.3 Å². The fraction of sp³-hybridized carbons (Fsp3) is 0.611. The highest BCUT2D eigenvalue weighted by Gasteiger charge is 2.27. The minimum absolute atomic E-state index is 0.108. The zero-order valence-corrected chi connectivity index (χ0v) is 14.5. The van der Waals surface area contributed by atoms with Crippen LogP contribution in [0.2, 0.25) is 0 Å². The molecule has 1 saturated heterocycles. The molecule has 2 rings (SSSR count). The zero-order chi connectivity index (χ0) is 17.0. The van der Waals surface area contributed by atoms with Crippen LogP contribution in [0.5, 0.6) is 0 Å². The summed E-state index contributed by atoms with van der Waals surface area (Å²) in [6.45, 7) is 10.5. The first kappa shape index (κ1) is 17.9. The molecule has 1 atom stereocenters. The fourth-order valence-electron chi connectivity index (χ4n) is 3.17. The van der Waals surface area contributed by atoms with E-state index in [1.54, 1.807) is 12.1 Å². The number of halogens is 1. The fourth-order valence-corrected chi connectivity index (χ4v) is 3.17. The van der Waals surface area contributed by atoms with Crippen molar-refractivity contribution in [3.8, 4) is 0 Å². The van der Waals surface area contributed by atoms with Crippen LogP contribution < -0.4 is 0 Å². The quantitative estimate of drug-likeness (QED) is 0.836. The molecule has 0 N–H and O–H groups in total. The maximum Gasteiger partial charge on any atom is 0.237 e. The van der Waals surface area contributed by atoms with Gasteiger partial charge in [-0.2, -0.15) is 0 Å². The first-order chi connectivity index (χ1) is 10.9. The lowest BCUT2D eigenvalue weighted by Crippen LogP contribution is -2.49. The van der Waals surface area contributed by atoms with E-state index in [0.717, 1.165) is 12.1 Å². The minimum Gasteiger partial charge on any atom is -0.371 e. The maximum absolute atomic E-state index is 13.0. The molecule has 1 amide bonds. The average molecular weight is 322 g/mol. The smallest absolute Gasteiger partial charge is 0.237 e. The number of benzene rings is 1. The van der Waals surface area contributed by atoms with Crippen molar-refractivity contribution >= 4 is 5.91 Å². The number of morpholine rings is 1. The van der Waals surface area contributed by atoms with E-state index in [1.807, 2.05) is 32.6 Å². The lowest BCUT2D eigenvalue weighted by atomic mass is 10.1. The van der Waals surface area contributed by atoms with Gasteiger partial charge in [-0.15, -0.1) is 0 Å². The zero-order valence-electron chi connectivity index (χ0n) is 14.5. The first-order valence-corrected chi connectivity index (χ1v) is 8.29. The number of rotatable bonds is 5. The lowest BCUT2D eigenvalue weighted by Gasteiger charge is -2.36. The Kier molecular flexibility index (Phi) is 6.13. The van der Waals surface area contributed by atoms with E-state index >= 15 is 0 Å². The Labute approximate surface area is 138 Å². The van der Waals surface area contributed by atoms with E-state index in [1.165, 1.54) is 12.1 Å². The molecule has 1 heterocycles. The summed E-state index contributed by atoms with van der Waals surface area (Å²) in [7, 11) is 0. The van der Waals surface area contributed by atoms with E-state index in [9.17, 15) is 9.18 Å². The molecule has 0 saturated carbocycles. The van der Waals surface area contributed by atoms with Crippen molar-refractivity contribution in [2.75, 3.05) is 26.2 Å². The summed E-state index contributed by atoms with van der Waals surface area (Å²) in [6, 6.07) is 6.77. The molecule has 5 heteroatoms. The molecule has 128 valence electrons. The standard InChI is InChI=1S/C18H27FN2O2/c1-13(2)21(14(3)4)18(22)12-20-9-10-23-17(11-20)15-5-7-16(19)8-6-15/h5-8,13-14,17H,9-12H2,1-4H3. The SMILES string of the molecule is CC(C)N(C(=O)CN1CCOC(c2ccc(F)cc2)C1)C(C)C. The van der Waals surface area contributed by atoms with E-state index in [4.69, 9.17) is 4.74 Å². The second-order valence-electron chi connectivity index (χ2n) is 6.63. The molecule has 1 aromatic rings. The van der Waals surface area contributed by atoms with Gasteiger partial charge >= 0.3 is 0 Å². The third-order valence-electron chi connectivity index (χ3n) is 4.15. The van der Waals surface area contributed by atoms with Crippen LogP contribution in [0.3, 0.4) is 0 Å². The van der Waals surface area contributed by atoms with Crippen molar-refractivity contribution in [1.82, 2.24) is 9.80 Å². The van der Waals surface area contributed by atoms with E-state index < -0.39 is 0 Å². The van der Waals surface area contributed by atoms with Gasteiger partial charge < -0.3 is 9.64 Å². The second-order valence-corrected chi connectivity index (χ2v) is 6.63. The number of hydrogen-bond donors (Lipinski definition) is 0. The molecular formula is C18H27FN2O2. The Bertz CT molecular complexity index is 508. The van der Waals surface area contributed by atoms with Crippen LogP contribution in [0.1, 0.15) is 39.4 Å². The summed E-state index contributed by atoms with van der Waals surface area (Å²) in [5.74, 6) is -0.101. The Hall–Kier alpha value is -1.46. The topological polar surface area (TPSA) is 32.8 Å². The highest BCUT2D eigenvalue weighted by atomic mass is 19.1. The Morgan fingerprint density at radius 3 is 2.43 bits per heavy atom. The number of carbonyl (C=O) groups is 1. The van der Waals surface area contributed by atoms with Crippen molar-refractivity contribution in [2.45, 2.75) is 45.9 Å². The van der Waals surface area contributed by atoms with Crippen LogP contribution in [-0.2, 0) is 9.53 Å². The number of nitrogens with zero attached hydrogens (tertiary/aromatic N) is 2. The molecule has 0 bridgehead atoms. The average Bonchev–Trinajstić information content (AvgIpc) is 2.47. The van der Waals surface area contributed by atoms with Crippen molar-refractivity contribution in [2.24, 2.45) is 0 Å². The molecule has 0 aliphatic carbocycles. The highest BCUT2D eigenvalue weighted by Crippen LogP contribution is 2.22. The largest absolute Gasteiger partial charge is 0.371 e. The molecule has 1 aliphatic heterocycles. The van der Waals surface area contributed by atoms with Crippen molar-refractivity contribution in [1.29, 1.82) is 0 Å². The summed E-state index contributed by atoms with van der Waals surface area (Å²) >= 11 is 0. The van der Waals surface area contributed by atoms with Gasteiger partial charge in [-0.3, -0.25) is 9.69 Å². The van der Waals surface area contributed by atoms with Crippen molar-refractivity contribution in [3.05, 3.63) is 35.6 Å². The minimum atomic E-state index is -0.249. The Morgan fingerprint density at radius 1 is 1.26 bits per heavy atom. The van der Waals surface area contributed by atoms with Gasteiger partial charge in [-0.1, -0.05) is 12.1 Å². The number of hydrogen-bond acceptors (Lipinski definition) is 3. The molecule has 0 spiro atoms. The Balaban J connectivity index is 1.98. The van der Waals surface area contributed by atoms with Crippen LogP contribution in [0.4, 0.5) is 4.39 Å². The second kappa shape index (κ2) is 7.88. The van der Waals surface area contributed by atoms with Crippen LogP contribution in [0.25, 0.3) is 0 Å². The van der Waals surface area contributed by atoms with Gasteiger partial charge in [0.25, 0.3) is 0 Å². The van der Waals surface area contributed by atoms with Crippen molar-refractivity contribution in [3.63, 3.8) is 0 Å². The third kappa shape index (κ3) is 4.75. The summed E-state index contributed by atoms with van der Waals surface area (Å²) in [5.41, 5.74) is 0.952. The first-order valence-electron chi connectivity index (χ1n) is 8.29. The van der Waals surface area contributed by atoms with Gasteiger partial charge in [0.1, 0.15) is 5.82 Å². The molecular weight excluding hydrogens is 295 g/mol. The molecule has 1 aliphatic rings. The van der Waals surface area contributed by atoms with Crippen LogP contribution >= 0.6 is 0 Å². The predicted molar refractivity (Wildman–Crippen MR) is 88.7 cm³/mol. The molecule has 23 heavy (non-hydrogen) atoms. The van der Waals surface area contributed by atoms with Crippen LogP contribution in [0.15, 0.2) is 24.3 Å². The summed E-state index contributed by atoms with van der Waals surface area (Å²) < 4.78 is 18.8. The predicted octanol–water partition coefficient (Wildman–Crippen LogP) is 2.84. The summed E-state index contributed by atoms with van der Waals surface area (Å²) in [5, 5.41) is 0. The lowest BCUT2D eigenvalue weighted by molar-refractivity contribution is -0.138. The van der Waals surface area contributed by atoms with Gasteiger partial charge in [0.15, 0.2) is 0 Å². The van der Waals surface area contributed by atoms with E-state index in [-0.39, 0.29) is 29.9 Å². The highest BCUT2D eigenvalue weighted by molar-refractivity contribution is 5.78. The molecule has 1 unspecified atom stereocenters. The molecule has 0 aromatic heterocycles. The summed E-state index contributed by atoms with van der Waals surface area (Å²) in [4.78, 5) is 16.6. The van der Waals surface area contributed by atoms with Crippen molar-refractivity contribution < 1.29 is 13.9 Å². The Morgan fingerprint density at radius 2 is 1.87 bits per heavy atom. The van der Waals surface area contributed by atoms with Gasteiger partial charge in [-0.05, 0) is 45.4 Å². The van der Waals surface area contributed by atoms with Gasteiger partial charge in [0, 0.05) is 25.2 Å². The molecule has 0 radical (unpaired) electrons. The van der Waals surface area contributed by atoms with Crippen LogP contribution in [0, 0.1) is 5.82 Å². The molecule has 1 fully saturated rings. The summed E-state index contributed by atoms with van der Waals surface area (Å²) in [6.07, 6.45) is -0.108. The van der Waals surface area contributed by atoms with E-state index in [2.05, 4.69) is 4.90 Å². The third-order valence-corrected chi connectivity index (χ3v) is 4.15. The number of amides is 1. The van der Waals surface area contributed by atoms with Gasteiger partial charge in [0.2, 0.25) is 5.91 Å². The number of ether oxygens (including phenoxy) is 1. The monoisotopic (exact) mass is 322 g/mol. The maximum atomic E-state index is 13.0. The molecule has 4 nitrogen and oxygen atoms in total. The normalized spacial score (nSPS) is 19.3. The van der Waals surface area contributed by atoms with Gasteiger partial charge in [-0.25, -0.2) is 4.39 Å².